The van der Waals surface area contributed by atoms with Crippen LogP contribution in [-0.4, -0.2) is 20.6 Å². The van der Waals surface area contributed by atoms with Crippen molar-refractivity contribution in [1.29, 1.82) is 0 Å². The number of hydrogen-bond donors (Lipinski definition) is 1. The quantitative estimate of drug-likeness (QED) is 0.316. The van der Waals surface area contributed by atoms with Crippen LogP contribution in [0.15, 0.2) is 52.7 Å². The second kappa shape index (κ2) is 7.31. The molecule has 4 rings (SSSR count). The Morgan fingerprint density at radius 2 is 1.74 bits per heavy atom. The molecule has 1 aliphatic rings. The lowest BCUT2D eigenvalue weighted by Gasteiger charge is -2.34. The molecule has 0 amide bonds. The highest BCUT2D eigenvalue weighted by atomic mass is 16.6. The summed E-state index contributed by atoms with van der Waals surface area (Å²) in [6.45, 7) is 3.84. The number of fused-ring (bicyclic) bond motifs is 2. The third-order valence-electron chi connectivity index (χ3n) is 5.19. The van der Waals surface area contributed by atoms with Gasteiger partial charge < -0.3 is 9.84 Å². The summed E-state index contributed by atoms with van der Waals surface area (Å²) in [5, 5.41) is 42.6. The van der Waals surface area contributed by atoms with Crippen molar-refractivity contribution in [2.75, 3.05) is 0 Å². The average molecular weight is 422 g/mol. The molecule has 0 saturated heterocycles. The molecule has 3 aromatic rings. The van der Waals surface area contributed by atoms with Crippen LogP contribution in [-0.2, 0) is 6.42 Å². The van der Waals surface area contributed by atoms with Gasteiger partial charge in [0.1, 0.15) is 17.0 Å². The third-order valence-corrected chi connectivity index (χ3v) is 5.19. The maximum Gasteiger partial charge on any atom is 0.303 e. The zero-order valence-electron chi connectivity index (χ0n) is 16.7. The van der Waals surface area contributed by atoms with Gasteiger partial charge in [0.05, 0.1) is 15.9 Å². The smallest absolute Gasteiger partial charge is 0.303 e. The zero-order chi connectivity index (χ0) is 22.3. The molecular weight excluding hydrogens is 404 g/mol. The van der Waals surface area contributed by atoms with Gasteiger partial charge in [0.2, 0.25) is 0 Å². The second-order valence-corrected chi connectivity index (χ2v) is 7.80. The Labute approximate surface area is 176 Å². The van der Waals surface area contributed by atoms with Crippen molar-refractivity contribution in [3.63, 3.8) is 0 Å². The molecular formula is C21H18N4O6. The molecule has 0 spiro atoms. The number of phenols is 1. The number of azo groups is 1. The molecule has 158 valence electrons. The van der Waals surface area contributed by atoms with Gasteiger partial charge in [-0.05, 0) is 32.8 Å². The number of aromatic hydroxyl groups is 1. The second-order valence-electron chi connectivity index (χ2n) is 7.80. The predicted octanol–water partition coefficient (Wildman–Crippen LogP) is 5.88. The summed E-state index contributed by atoms with van der Waals surface area (Å²) in [7, 11) is 0. The first-order chi connectivity index (χ1) is 14.7. The number of nitro groups is 2. The minimum atomic E-state index is -0.745. The van der Waals surface area contributed by atoms with Crippen molar-refractivity contribution in [2.45, 2.75) is 32.3 Å². The molecule has 3 aromatic carbocycles. The Kier molecular flexibility index (Phi) is 4.77. The fourth-order valence-corrected chi connectivity index (χ4v) is 3.59. The van der Waals surface area contributed by atoms with E-state index in [4.69, 9.17) is 4.74 Å². The van der Waals surface area contributed by atoms with Gasteiger partial charge in [-0.25, -0.2) is 0 Å². The van der Waals surface area contributed by atoms with Crippen LogP contribution in [0.3, 0.4) is 0 Å². The molecule has 0 radical (unpaired) electrons. The standard InChI is InChI=1S/C21H18N4O6/c1-21(2)10-9-15-19(26)14-6-4-3-5-13(14)18(20(15)31-21)23-22-16-8-7-12(24(27)28)11-17(16)25(29)30/h3-8,11,26H,9-10H2,1-2H3. The van der Waals surface area contributed by atoms with Crippen LogP contribution in [0.4, 0.5) is 22.7 Å². The van der Waals surface area contributed by atoms with Gasteiger partial charge in [-0.2, -0.15) is 0 Å². The van der Waals surface area contributed by atoms with Crippen LogP contribution in [0.5, 0.6) is 11.5 Å². The Balaban J connectivity index is 1.92. The topological polar surface area (TPSA) is 140 Å². The van der Waals surface area contributed by atoms with E-state index in [9.17, 15) is 25.3 Å². The number of benzene rings is 3. The van der Waals surface area contributed by atoms with Crippen molar-refractivity contribution in [3.05, 3.63) is 68.3 Å². The van der Waals surface area contributed by atoms with E-state index < -0.39 is 26.8 Å². The van der Waals surface area contributed by atoms with Crippen LogP contribution < -0.4 is 4.74 Å². The largest absolute Gasteiger partial charge is 0.507 e. The molecule has 31 heavy (non-hydrogen) atoms. The van der Waals surface area contributed by atoms with Crippen LogP contribution in [0.1, 0.15) is 25.8 Å². The molecule has 0 bridgehead atoms. The Morgan fingerprint density at radius 1 is 1.03 bits per heavy atom. The molecule has 1 aliphatic heterocycles. The number of ether oxygens (including phenoxy) is 1. The summed E-state index contributed by atoms with van der Waals surface area (Å²) in [5.41, 5.74) is -0.629. The first-order valence-electron chi connectivity index (χ1n) is 9.48. The molecule has 0 atom stereocenters. The zero-order valence-corrected chi connectivity index (χ0v) is 16.7. The van der Waals surface area contributed by atoms with Crippen molar-refractivity contribution < 1.29 is 19.7 Å². The van der Waals surface area contributed by atoms with Crippen molar-refractivity contribution in [3.8, 4) is 11.5 Å². The van der Waals surface area contributed by atoms with Gasteiger partial charge in [-0.15, -0.1) is 10.2 Å². The van der Waals surface area contributed by atoms with Gasteiger partial charge in [0, 0.05) is 22.4 Å². The summed E-state index contributed by atoms with van der Waals surface area (Å²) in [4.78, 5) is 20.9. The first-order valence-corrected chi connectivity index (χ1v) is 9.48. The number of phenolic OH excluding ortho intramolecular Hbond substituents is 1. The molecule has 0 aromatic heterocycles. The number of nitro benzene ring substituents is 2. The molecule has 0 unspecified atom stereocenters. The average Bonchev–Trinajstić information content (AvgIpc) is 2.72. The van der Waals surface area contributed by atoms with Crippen molar-refractivity contribution >= 4 is 33.5 Å². The lowest BCUT2D eigenvalue weighted by atomic mass is 9.91. The SMILES string of the molecule is CC1(C)CCc2c(c(N=Nc3ccc([N+](=O)[O-])cc3[N+](=O)[O-])c3ccccc3c2O)O1. The van der Waals surface area contributed by atoms with Gasteiger partial charge in [0.25, 0.3) is 5.69 Å². The molecule has 1 heterocycles. The van der Waals surface area contributed by atoms with E-state index in [1.807, 2.05) is 13.8 Å². The van der Waals surface area contributed by atoms with Crippen LogP contribution >= 0.6 is 0 Å². The Hall–Kier alpha value is -4.08. The molecule has 10 nitrogen and oxygen atoms in total. The maximum atomic E-state index is 11.4. The van der Waals surface area contributed by atoms with Crippen molar-refractivity contribution in [2.24, 2.45) is 10.2 Å². The van der Waals surface area contributed by atoms with E-state index in [2.05, 4.69) is 10.2 Å². The first kappa shape index (κ1) is 20.2. The minimum Gasteiger partial charge on any atom is -0.507 e. The van der Waals surface area contributed by atoms with E-state index in [0.29, 0.717) is 40.6 Å². The summed E-state index contributed by atoms with van der Waals surface area (Å²) >= 11 is 0. The van der Waals surface area contributed by atoms with E-state index in [1.54, 1.807) is 24.3 Å². The summed E-state index contributed by atoms with van der Waals surface area (Å²) in [5.74, 6) is 0.488. The van der Waals surface area contributed by atoms with Gasteiger partial charge in [-0.3, -0.25) is 20.2 Å². The molecule has 10 heteroatoms. The highest BCUT2D eigenvalue weighted by Crippen LogP contribution is 2.50. The lowest BCUT2D eigenvalue weighted by Crippen LogP contribution is -2.32. The number of hydrogen-bond acceptors (Lipinski definition) is 8. The molecule has 0 aliphatic carbocycles. The third kappa shape index (κ3) is 3.63. The van der Waals surface area contributed by atoms with Gasteiger partial charge in [-0.1, -0.05) is 24.3 Å². The number of rotatable bonds is 4. The fourth-order valence-electron chi connectivity index (χ4n) is 3.59. The van der Waals surface area contributed by atoms with Crippen LogP contribution in [0, 0.1) is 20.2 Å². The van der Waals surface area contributed by atoms with Gasteiger partial charge >= 0.3 is 5.69 Å². The molecule has 0 fully saturated rings. The maximum absolute atomic E-state index is 11.4. The molecule has 1 N–H and O–H groups in total. The Bertz CT molecular complexity index is 1270. The van der Waals surface area contributed by atoms with Gasteiger partial charge in [0.15, 0.2) is 11.4 Å². The monoisotopic (exact) mass is 422 g/mol. The minimum absolute atomic E-state index is 0.112. The number of non-ortho nitro benzene ring substituents is 1. The highest BCUT2D eigenvalue weighted by molar-refractivity contribution is 6.01. The predicted molar refractivity (Wildman–Crippen MR) is 113 cm³/mol. The Morgan fingerprint density at radius 3 is 2.42 bits per heavy atom. The van der Waals surface area contributed by atoms with E-state index in [1.165, 1.54) is 6.07 Å². The van der Waals surface area contributed by atoms with E-state index in [0.717, 1.165) is 12.1 Å². The van der Waals surface area contributed by atoms with E-state index in [-0.39, 0.29) is 11.4 Å². The van der Waals surface area contributed by atoms with E-state index >= 15 is 0 Å². The summed E-state index contributed by atoms with van der Waals surface area (Å²) in [6.07, 6.45) is 1.26. The van der Waals surface area contributed by atoms with Crippen molar-refractivity contribution in [1.82, 2.24) is 0 Å². The fraction of sp³-hybridized carbons (Fsp3) is 0.238. The highest BCUT2D eigenvalue weighted by Gasteiger charge is 2.32. The lowest BCUT2D eigenvalue weighted by molar-refractivity contribution is -0.393. The van der Waals surface area contributed by atoms with Crippen LogP contribution in [0.2, 0.25) is 0 Å². The normalized spacial score (nSPS) is 14.9. The summed E-state index contributed by atoms with van der Waals surface area (Å²) < 4.78 is 6.12. The molecule has 0 saturated carbocycles. The summed E-state index contributed by atoms with van der Waals surface area (Å²) in [6, 6.07) is 10.2. The van der Waals surface area contributed by atoms with Crippen LogP contribution in [0.25, 0.3) is 10.8 Å². The number of nitrogens with zero attached hydrogens (tertiary/aromatic N) is 4.